The van der Waals surface area contributed by atoms with Gasteiger partial charge in [-0.05, 0) is 55.4 Å². The first kappa shape index (κ1) is 19.9. The number of hydrogen-bond donors (Lipinski definition) is 2. The predicted octanol–water partition coefficient (Wildman–Crippen LogP) is 2.40. The molecule has 1 aromatic heterocycles. The molecule has 0 atom stereocenters. The fourth-order valence-electron chi connectivity index (χ4n) is 3.43. The Kier molecular flexibility index (Phi) is 4.11. The van der Waals surface area contributed by atoms with Crippen molar-refractivity contribution in [1.29, 1.82) is 0 Å². The molecular weight excluding hydrogens is 360 g/mol. The normalized spacial score (nSPS) is 20.9. The Labute approximate surface area is 163 Å². The maximum Gasteiger partial charge on any atom is 0.277 e. The van der Waals surface area contributed by atoms with Gasteiger partial charge in [0.2, 0.25) is 5.78 Å². The van der Waals surface area contributed by atoms with Crippen LogP contribution < -0.4 is 5.56 Å². The van der Waals surface area contributed by atoms with Crippen LogP contribution in [0.1, 0.15) is 59.7 Å². The molecule has 1 aliphatic carbocycles. The summed E-state index contributed by atoms with van der Waals surface area (Å²) in [5.41, 5.74) is -0.516. The molecule has 0 unspecified atom stereocenters. The van der Waals surface area contributed by atoms with Gasteiger partial charge < -0.3 is 5.11 Å². The van der Waals surface area contributed by atoms with E-state index in [1.54, 1.807) is 13.8 Å². The van der Waals surface area contributed by atoms with E-state index >= 15 is 0 Å². The van der Waals surface area contributed by atoms with Crippen LogP contribution in [0.4, 0.5) is 0 Å². The minimum Gasteiger partial charge on any atom is -0.506 e. The summed E-state index contributed by atoms with van der Waals surface area (Å²) in [6, 6.07) is 0. The zero-order valence-corrected chi connectivity index (χ0v) is 17.5. The second-order valence-corrected chi connectivity index (χ2v) is 9.20. The van der Waals surface area contributed by atoms with E-state index in [4.69, 9.17) is 0 Å². The second kappa shape index (κ2) is 5.80. The van der Waals surface area contributed by atoms with Crippen molar-refractivity contribution in [3.63, 3.8) is 0 Å². The number of amides is 1. The van der Waals surface area contributed by atoms with Gasteiger partial charge in [0.25, 0.3) is 11.5 Å². The number of H-pyrrole nitrogens is 1. The number of carbonyl (C=O) groups excluding carboxylic acids is 2. The third-order valence-corrected chi connectivity index (χ3v) is 4.82. The summed E-state index contributed by atoms with van der Waals surface area (Å²) in [5.74, 6) is -1.29. The number of aliphatic hydroxyl groups excluding tert-OH is 1. The highest BCUT2D eigenvalue weighted by molar-refractivity contribution is 6.44. The summed E-state index contributed by atoms with van der Waals surface area (Å²) in [7, 11) is 0. The average molecular weight is 386 g/mol. The number of hydrazone groups is 1. The lowest BCUT2D eigenvalue weighted by molar-refractivity contribution is -0.130. The summed E-state index contributed by atoms with van der Waals surface area (Å²) in [6.07, 6.45) is 0. The Balaban J connectivity index is 2.16. The van der Waals surface area contributed by atoms with Gasteiger partial charge in [-0.1, -0.05) is 0 Å². The number of nitrogens with zero attached hydrogens (tertiary/aromatic N) is 3. The van der Waals surface area contributed by atoms with E-state index in [1.807, 2.05) is 41.5 Å². The quantitative estimate of drug-likeness (QED) is 0.723. The van der Waals surface area contributed by atoms with Crippen molar-refractivity contribution >= 4 is 23.0 Å². The van der Waals surface area contributed by atoms with Crippen LogP contribution in [0, 0.1) is 6.92 Å². The topological polar surface area (TPSA) is 108 Å². The number of ketones is 1. The van der Waals surface area contributed by atoms with Crippen molar-refractivity contribution in [2.75, 3.05) is 0 Å². The van der Waals surface area contributed by atoms with Crippen molar-refractivity contribution in [2.24, 2.45) is 5.10 Å². The molecule has 0 saturated heterocycles. The summed E-state index contributed by atoms with van der Waals surface area (Å²) in [6.45, 7) is 14.4. The average Bonchev–Trinajstić information content (AvgIpc) is 2.99. The molecule has 0 spiro atoms. The van der Waals surface area contributed by atoms with Crippen LogP contribution in [0.2, 0.25) is 0 Å². The van der Waals surface area contributed by atoms with Crippen LogP contribution in [0.3, 0.4) is 0 Å². The summed E-state index contributed by atoms with van der Waals surface area (Å²) >= 11 is 0. The molecule has 150 valence electrons. The maximum atomic E-state index is 12.9. The predicted molar refractivity (Wildman–Crippen MR) is 106 cm³/mol. The number of aliphatic hydroxyl groups is 1. The van der Waals surface area contributed by atoms with Crippen LogP contribution in [0.25, 0.3) is 5.57 Å². The van der Waals surface area contributed by atoms with Gasteiger partial charge >= 0.3 is 0 Å². The molecular formula is C20H26N4O4. The number of hydrogen-bond acceptors (Lipinski definition) is 5. The Bertz CT molecular complexity index is 1070. The van der Waals surface area contributed by atoms with Gasteiger partial charge in [0, 0.05) is 5.69 Å². The minimum atomic E-state index is -0.562. The molecule has 3 rings (SSSR count). The number of Topliss-reactive ketones (excluding diaryl/α,β-unsaturated/α-hetero) is 1. The van der Waals surface area contributed by atoms with Gasteiger partial charge in [-0.25, -0.2) is 9.69 Å². The molecule has 0 radical (unpaired) electrons. The Morgan fingerprint density at radius 1 is 0.893 bits per heavy atom. The number of aromatic nitrogens is 2. The molecule has 8 heteroatoms. The van der Waals surface area contributed by atoms with Gasteiger partial charge in [-0.3, -0.25) is 19.5 Å². The fourth-order valence-corrected chi connectivity index (χ4v) is 3.43. The number of carbonyl (C=O) groups is 2. The van der Waals surface area contributed by atoms with E-state index in [9.17, 15) is 19.5 Å². The molecule has 2 heterocycles. The summed E-state index contributed by atoms with van der Waals surface area (Å²) < 4.78 is 1.42. The number of aryl methyl sites for hydroxylation is 1. The highest BCUT2D eigenvalue weighted by atomic mass is 16.3. The van der Waals surface area contributed by atoms with E-state index in [0.717, 1.165) is 0 Å². The first-order valence-electron chi connectivity index (χ1n) is 9.13. The SMILES string of the molecule is CC1=NN(C(C)(C)C)C(=O)C1=C1C(=O)C(c2c(C)[nH]n(C(C)(C)C)c2=O)=C1O. The van der Waals surface area contributed by atoms with Crippen molar-refractivity contribution < 1.29 is 14.7 Å². The van der Waals surface area contributed by atoms with Crippen LogP contribution in [-0.2, 0) is 15.1 Å². The van der Waals surface area contributed by atoms with Gasteiger partial charge in [-0.15, -0.1) is 0 Å². The largest absolute Gasteiger partial charge is 0.506 e. The Hall–Kier alpha value is -2.90. The monoisotopic (exact) mass is 386 g/mol. The standard InChI is InChI=1S/C20H26N4O4/c1-9-11(17(27)23(21-9)19(3,4)5)13-15(25)14(16(13)26)12-10(2)22-24(18(12)28)20(6,7)8/h21,25H,1-8H3. The van der Waals surface area contributed by atoms with Crippen LogP contribution >= 0.6 is 0 Å². The molecule has 8 nitrogen and oxygen atoms in total. The van der Waals surface area contributed by atoms with Crippen molar-refractivity contribution in [1.82, 2.24) is 14.8 Å². The van der Waals surface area contributed by atoms with Crippen molar-refractivity contribution in [3.8, 4) is 0 Å². The third-order valence-electron chi connectivity index (χ3n) is 4.82. The number of aromatic amines is 1. The zero-order chi connectivity index (χ0) is 21.3. The molecule has 1 aromatic rings. The lowest BCUT2D eigenvalue weighted by atomic mass is 9.80. The maximum absolute atomic E-state index is 12.9. The molecule has 0 saturated carbocycles. The van der Waals surface area contributed by atoms with Gasteiger partial charge in [0.15, 0.2) is 0 Å². The zero-order valence-electron chi connectivity index (χ0n) is 17.5. The molecule has 2 N–H and O–H groups in total. The molecule has 1 aliphatic heterocycles. The Morgan fingerprint density at radius 2 is 1.46 bits per heavy atom. The van der Waals surface area contributed by atoms with E-state index in [0.29, 0.717) is 11.4 Å². The number of rotatable bonds is 1. The fraction of sp³-hybridized carbons (Fsp3) is 0.500. The van der Waals surface area contributed by atoms with Crippen molar-refractivity contribution in [2.45, 2.75) is 66.5 Å². The first-order valence-corrected chi connectivity index (χ1v) is 9.13. The Morgan fingerprint density at radius 3 is 1.86 bits per heavy atom. The lowest BCUT2D eigenvalue weighted by Crippen LogP contribution is -2.40. The van der Waals surface area contributed by atoms with Gasteiger partial charge in [0.05, 0.1) is 39.1 Å². The second-order valence-electron chi connectivity index (χ2n) is 9.20. The summed E-state index contributed by atoms with van der Waals surface area (Å²) in [5, 5.41) is 19.2. The van der Waals surface area contributed by atoms with E-state index in [1.165, 1.54) is 9.69 Å². The van der Waals surface area contributed by atoms with Crippen LogP contribution in [0.5, 0.6) is 0 Å². The smallest absolute Gasteiger partial charge is 0.277 e. The third kappa shape index (κ3) is 2.66. The molecule has 0 bridgehead atoms. The van der Waals surface area contributed by atoms with Crippen LogP contribution in [0.15, 0.2) is 26.8 Å². The highest BCUT2D eigenvalue weighted by Crippen LogP contribution is 2.40. The molecule has 1 amide bonds. The molecule has 0 aromatic carbocycles. The van der Waals surface area contributed by atoms with E-state index < -0.39 is 22.8 Å². The molecule has 2 aliphatic rings. The molecule has 0 fully saturated rings. The number of nitrogens with one attached hydrogen (secondary N) is 1. The highest BCUT2D eigenvalue weighted by Gasteiger charge is 2.46. The first-order chi connectivity index (χ1) is 12.7. The van der Waals surface area contributed by atoms with Gasteiger partial charge in [0.1, 0.15) is 5.76 Å². The number of allylic oxidation sites excluding steroid dienone is 2. The minimum absolute atomic E-state index is 0.0564. The van der Waals surface area contributed by atoms with E-state index in [-0.39, 0.29) is 33.6 Å². The van der Waals surface area contributed by atoms with Gasteiger partial charge in [-0.2, -0.15) is 5.10 Å². The van der Waals surface area contributed by atoms with Crippen LogP contribution in [-0.4, -0.2) is 42.8 Å². The summed E-state index contributed by atoms with van der Waals surface area (Å²) in [4.78, 5) is 38.5. The van der Waals surface area contributed by atoms with Crippen molar-refractivity contribution in [3.05, 3.63) is 38.5 Å². The molecule has 28 heavy (non-hydrogen) atoms. The van der Waals surface area contributed by atoms with E-state index in [2.05, 4.69) is 10.2 Å². The lowest BCUT2D eigenvalue weighted by Gasteiger charge is -2.28.